The lowest BCUT2D eigenvalue weighted by Gasteiger charge is -2.27. The third-order valence-corrected chi connectivity index (χ3v) is 3.51. The second-order valence-corrected chi connectivity index (χ2v) is 4.96. The zero-order chi connectivity index (χ0) is 13.4. The number of nitrogens with two attached hydrogens (primary N) is 1. The molecule has 1 aliphatic rings. The lowest BCUT2D eigenvalue weighted by atomic mass is 9.81. The van der Waals surface area contributed by atoms with Gasteiger partial charge in [-0.3, -0.25) is 9.59 Å². The van der Waals surface area contributed by atoms with E-state index in [0.29, 0.717) is 32.0 Å². The van der Waals surface area contributed by atoms with Gasteiger partial charge in [0.25, 0.3) is 0 Å². The number of carbonyl (C=O) groups excluding carboxylic acids is 2. The van der Waals surface area contributed by atoms with Crippen molar-refractivity contribution in [1.29, 1.82) is 0 Å². The van der Waals surface area contributed by atoms with Crippen molar-refractivity contribution in [3.8, 4) is 0 Å². The minimum absolute atomic E-state index is 0.0127. The highest BCUT2D eigenvalue weighted by atomic mass is 16.2. The molecule has 0 spiro atoms. The molecule has 2 amide bonds. The molecule has 5 nitrogen and oxygen atoms in total. The minimum atomic E-state index is -0.0127. The Kier molecular flexibility index (Phi) is 6.72. The fraction of sp³-hybridized carbons (Fsp3) is 0.846. The van der Waals surface area contributed by atoms with Gasteiger partial charge in [-0.15, -0.1) is 0 Å². The molecular weight excluding hydrogens is 230 g/mol. The van der Waals surface area contributed by atoms with Crippen molar-refractivity contribution in [2.24, 2.45) is 17.6 Å². The van der Waals surface area contributed by atoms with Crippen LogP contribution in [0.2, 0.25) is 0 Å². The highest BCUT2D eigenvalue weighted by molar-refractivity contribution is 5.80. The van der Waals surface area contributed by atoms with Crippen molar-refractivity contribution >= 4 is 11.8 Å². The van der Waals surface area contributed by atoms with Crippen LogP contribution in [0.3, 0.4) is 0 Å². The molecule has 1 rings (SSSR count). The second-order valence-electron chi connectivity index (χ2n) is 4.96. The quantitative estimate of drug-likeness (QED) is 0.642. The highest BCUT2D eigenvalue weighted by Crippen LogP contribution is 2.28. The molecule has 0 aromatic heterocycles. The molecule has 0 saturated heterocycles. The summed E-state index contributed by atoms with van der Waals surface area (Å²) in [6.07, 6.45) is 4.41. The summed E-state index contributed by atoms with van der Waals surface area (Å²) in [5.74, 6) is 0.637. The van der Waals surface area contributed by atoms with Crippen molar-refractivity contribution in [3.05, 3.63) is 0 Å². The SMILES string of the molecule is CCNC(=O)CCNC(=O)C1CCCC(CN)C1. The number of nitrogens with one attached hydrogen (secondary N) is 2. The zero-order valence-corrected chi connectivity index (χ0v) is 11.2. The van der Waals surface area contributed by atoms with Gasteiger partial charge < -0.3 is 16.4 Å². The van der Waals surface area contributed by atoms with E-state index in [1.54, 1.807) is 0 Å². The Morgan fingerprint density at radius 1 is 1.28 bits per heavy atom. The van der Waals surface area contributed by atoms with Crippen LogP contribution in [0, 0.1) is 11.8 Å². The van der Waals surface area contributed by atoms with Gasteiger partial charge in [0.05, 0.1) is 0 Å². The first kappa shape index (κ1) is 15.0. The fourth-order valence-corrected chi connectivity index (χ4v) is 2.47. The van der Waals surface area contributed by atoms with Gasteiger partial charge in [-0.25, -0.2) is 0 Å². The molecule has 0 radical (unpaired) electrons. The maximum atomic E-state index is 11.9. The van der Waals surface area contributed by atoms with Gasteiger partial charge in [-0.05, 0) is 38.6 Å². The van der Waals surface area contributed by atoms with Gasteiger partial charge in [0, 0.05) is 25.4 Å². The molecule has 0 aromatic rings. The molecule has 2 atom stereocenters. The van der Waals surface area contributed by atoms with Crippen LogP contribution in [0.15, 0.2) is 0 Å². The maximum Gasteiger partial charge on any atom is 0.223 e. The van der Waals surface area contributed by atoms with Gasteiger partial charge in [-0.1, -0.05) is 6.42 Å². The first-order valence-electron chi connectivity index (χ1n) is 6.91. The third kappa shape index (κ3) is 5.04. The largest absolute Gasteiger partial charge is 0.356 e. The van der Waals surface area contributed by atoms with Gasteiger partial charge in [-0.2, -0.15) is 0 Å². The summed E-state index contributed by atoms with van der Waals surface area (Å²) in [5.41, 5.74) is 5.65. The third-order valence-electron chi connectivity index (χ3n) is 3.51. The van der Waals surface area contributed by atoms with Crippen LogP contribution >= 0.6 is 0 Å². The van der Waals surface area contributed by atoms with Gasteiger partial charge in [0.1, 0.15) is 0 Å². The summed E-state index contributed by atoms with van der Waals surface area (Å²) in [4.78, 5) is 23.1. The van der Waals surface area contributed by atoms with Gasteiger partial charge in [0.2, 0.25) is 11.8 Å². The molecule has 18 heavy (non-hydrogen) atoms. The molecule has 2 unspecified atom stereocenters. The molecule has 5 heteroatoms. The van der Waals surface area contributed by atoms with Gasteiger partial charge >= 0.3 is 0 Å². The van der Waals surface area contributed by atoms with E-state index in [1.165, 1.54) is 0 Å². The Labute approximate surface area is 109 Å². The van der Waals surface area contributed by atoms with E-state index in [2.05, 4.69) is 10.6 Å². The predicted molar refractivity (Wildman–Crippen MR) is 70.8 cm³/mol. The number of amides is 2. The summed E-state index contributed by atoms with van der Waals surface area (Å²) >= 11 is 0. The van der Waals surface area contributed by atoms with Crippen molar-refractivity contribution in [2.75, 3.05) is 19.6 Å². The Hall–Kier alpha value is -1.10. The van der Waals surface area contributed by atoms with E-state index < -0.39 is 0 Å². The average molecular weight is 255 g/mol. The van der Waals surface area contributed by atoms with Crippen molar-refractivity contribution in [3.63, 3.8) is 0 Å². The number of hydrogen-bond donors (Lipinski definition) is 3. The summed E-state index contributed by atoms with van der Waals surface area (Å²) in [7, 11) is 0. The normalized spacial score (nSPS) is 23.4. The minimum Gasteiger partial charge on any atom is -0.356 e. The topological polar surface area (TPSA) is 84.2 Å². The van der Waals surface area contributed by atoms with Crippen LogP contribution in [0.25, 0.3) is 0 Å². The van der Waals surface area contributed by atoms with Crippen LogP contribution in [-0.2, 0) is 9.59 Å². The van der Waals surface area contributed by atoms with Crippen LogP contribution in [0.1, 0.15) is 39.0 Å². The monoisotopic (exact) mass is 255 g/mol. The molecule has 1 saturated carbocycles. The van der Waals surface area contributed by atoms with Crippen LogP contribution in [-0.4, -0.2) is 31.4 Å². The van der Waals surface area contributed by atoms with Gasteiger partial charge in [0.15, 0.2) is 0 Å². The fourth-order valence-electron chi connectivity index (χ4n) is 2.47. The zero-order valence-electron chi connectivity index (χ0n) is 11.2. The highest BCUT2D eigenvalue weighted by Gasteiger charge is 2.26. The van der Waals surface area contributed by atoms with Crippen LogP contribution in [0.5, 0.6) is 0 Å². The van der Waals surface area contributed by atoms with E-state index >= 15 is 0 Å². The lowest BCUT2D eigenvalue weighted by Crippen LogP contribution is -2.37. The summed E-state index contributed by atoms with van der Waals surface area (Å²) in [6.45, 7) is 3.61. The summed E-state index contributed by atoms with van der Waals surface area (Å²) in [6, 6.07) is 0. The predicted octanol–water partition coefficient (Wildman–Crippen LogP) is 0.394. The molecule has 0 aliphatic heterocycles. The van der Waals surface area contributed by atoms with Crippen molar-refractivity contribution in [2.45, 2.75) is 39.0 Å². The van der Waals surface area contributed by atoms with Crippen LogP contribution in [0.4, 0.5) is 0 Å². The Balaban J connectivity index is 2.21. The van der Waals surface area contributed by atoms with Crippen molar-refractivity contribution < 1.29 is 9.59 Å². The average Bonchev–Trinajstić information content (AvgIpc) is 2.39. The van der Waals surface area contributed by atoms with E-state index in [4.69, 9.17) is 5.73 Å². The Morgan fingerprint density at radius 2 is 2.06 bits per heavy atom. The first-order valence-corrected chi connectivity index (χ1v) is 6.91. The lowest BCUT2D eigenvalue weighted by molar-refractivity contribution is -0.126. The van der Waals surface area contributed by atoms with Crippen molar-refractivity contribution in [1.82, 2.24) is 10.6 Å². The molecule has 0 aromatic carbocycles. The summed E-state index contributed by atoms with van der Waals surface area (Å²) in [5, 5.41) is 5.55. The van der Waals surface area contributed by atoms with E-state index in [-0.39, 0.29) is 17.7 Å². The standard InChI is InChI=1S/C13H25N3O2/c1-2-15-12(17)6-7-16-13(18)11-5-3-4-10(8-11)9-14/h10-11H,2-9,14H2,1H3,(H,15,17)(H,16,18). The number of carbonyl (C=O) groups is 2. The molecular formula is C13H25N3O2. The Bertz CT molecular complexity index is 281. The molecule has 1 aliphatic carbocycles. The molecule has 0 bridgehead atoms. The summed E-state index contributed by atoms with van der Waals surface area (Å²) < 4.78 is 0. The van der Waals surface area contributed by atoms with E-state index in [9.17, 15) is 9.59 Å². The number of rotatable bonds is 6. The molecule has 0 heterocycles. The first-order chi connectivity index (χ1) is 8.67. The second kappa shape index (κ2) is 8.08. The molecule has 104 valence electrons. The van der Waals surface area contributed by atoms with Crippen LogP contribution < -0.4 is 16.4 Å². The smallest absolute Gasteiger partial charge is 0.223 e. The number of hydrogen-bond acceptors (Lipinski definition) is 3. The van der Waals surface area contributed by atoms with E-state index in [1.807, 2.05) is 6.92 Å². The Morgan fingerprint density at radius 3 is 2.72 bits per heavy atom. The molecule has 1 fully saturated rings. The maximum absolute atomic E-state index is 11.9. The molecule has 4 N–H and O–H groups in total. The van der Waals surface area contributed by atoms with E-state index in [0.717, 1.165) is 25.7 Å².